The summed E-state index contributed by atoms with van der Waals surface area (Å²) < 4.78 is 11.2. The van der Waals surface area contributed by atoms with Gasteiger partial charge in [-0.05, 0) is 12.2 Å². The van der Waals surface area contributed by atoms with E-state index in [9.17, 15) is 0 Å². The second kappa shape index (κ2) is 3.96. The van der Waals surface area contributed by atoms with Crippen molar-refractivity contribution in [1.29, 1.82) is 0 Å². The van der Waals surface area contributed by atoms with E-state index in [2.05, 4.69) is 10.6 Å². The molecule has 0 amide bonds. The van der Waals surface area contributed by atoms with Crippen LogP contribution in [-0.2, 0) is 9.47 Å². The van der Waals surface area contributed by atoms with Crippen molar-refractivity contribution in [3.63, 3.8) is 0 Å². The molecule has 0 radical (unpaired) electrons. The fraction of sp³-hybridized carbons (Fsp3) is 0.400. The van der Waals surface area contributed by atoms with Crippen LogP contribution in [0.2, 0.25) is 0 Å². The molecule has 2 heterocycles. The number of fused-ring (bicyclic) bond motifs is 2. The smallest absolute Gasteiger partial charge is 0.142 e. The maximum Gasteiger partial charge on any atom is 0.142 e. The Balaban J connectivity index is 1.92. The van der Waals surface area contributed by atoms with Gasteiger partial charge in [0.1, 0.15) is 22.5 Å². The molecular formula is C10H10Cl2N2O2. The third-order valence-corrected chi connectivity index (χ3v) is 3.32. The zero-order chi connectivity index (χ0) is 11.1. The lowest BCUT2D eigenvalue weighted by atomic mass is 10.0. The Hall–Kier alpha value is -0.680. The lowest BCUT2D eigenvalue weighted by Gasteiger charge is -2.34. The molecule has 0 saturated carbocycles. The first kappa shape index (κ1) is 10.5. The molecule has 1 saturated heterocycles. The van der Waals surface area contributed by atoms with Crippen LogP contribution in [0.4, 0.5) is 0 Å². The van der Waals surface area contributed by atoms with Gasteiger partial charge in [0.05, 0.1) is 24.6 Å². The zero-order valence-electron chi connectivity index (χ0n) is 8.30. The van der Waals surface area contributed by atoms with Crippen LogP contribution in [0.15, 0.2) is 33.9 Å². The minimum Gasteiger partial charge on any atom is -0.369 e. The van der Waals surface area contributed by atoms with Crippen molar-refractivity contribution in [2.75, 3.05) is 13.2 Å². The summed E-state index contributed by atoms with van der Waals surface area (Å²) in [5.74, 6) is 0. The summed E-state index contributed by atoms with van der Waals surface area (Å²) in [7, 11) is 0. The summed E-state index contributed by atoms with van der Waals surface area (Å²) in [4.78, 5) is 0. The average molecular weight is 261 g/mol. The quantitative estimate of drug-likeness (QED) is 0.646. The molecule has 0 aromatic carbocycles. The molecule has 2 atom stereocenters. The Labute approximate surface area is 103 Å². The second-order valence-electron chi connectivity index (χ2n) is 3.71. The molecule has 0 unspecified atom stereocenters. The van der Waals surface area contributed by atoms with Crippen molar-refractivity contribution in [2.24, 2.45) is 0 Å². The highest BCUT2D eigenvalue weighted by atomic mass is 35.5. The van der Waals surface area contributed by atoms with Crippen molar-refractivity contribution in [1.82, 2.24) is 10.6 Å². The highest BCUT2D eigenvalue weighted by Gasteiger charge is 2.31. The van der Waals surface area contributed by atoms with E-state index in [1.54, 1.807) is 0 Å². The molecule has 0 aromatic rings. The second-order valence-corrected chi connectivity index (χ2v) is 4.47. The van der Waals surface area contributed by atoms with Gasteiger partial charge in [-0.2, -0.15) is 0 Å². The van der Waals surface area contributed by atoms with Gasteiger partial charge < -0.3 is 20.1 Å². The van der Waals surface area contributed by atoms with E-state index in [0.29, 0.717) is 23.5 Å². The topological polar surface area (TPSA) is 42.5 Å². The normalized spacial score (nSPS) is 32.9. The predicted molar refractivity (Wildman–Crippen MR) is 60.6 cm³/mol. The summed E-state index contributed by atoms with van der Waals surface area (Å²) in [6.07, 6.45) is 3.81. The van der Waals surface area contributed by atoms with Crippen LogP contribution in [0.5, 0.6) is 0 Å². The lowest BCUT2D eigenvalue weighted by Crippen LogP contribution is -2.42. The molecule has 3 aliphatic rings. The van der Waals surface area contributed by atoms with Gasteiger partial charge in [-0.25, -0.2) is 0 Å². The summed E-state index contributed by atoms with van der Waals surface area (Å²) in [6.45, 7) is 1.23. The van der Waals surface area contributed by atoms with Crippen LogP contribution in [-0.4, -0.2) is 25.4 Å². The van der Waals surface area contributed by atoms with Gasteiger partial charge in [-0.15, -0.1) is 0 Å². The fourth-order valence-corrected chi connectivity index (χ4v) is 2.21. The van der Waals surface area contributed by atoms with E-state index >= 15 is 0 Å². The van der Waals surface area contributed by atoms with Gasteiger partial charge >= 0.3 is 0 Å². The van der Waals surface area contributed by atoms with Crippen LogP contribution in [0.25, 0.3) is 0 Å². The van der Waals surface area contributed by atoms with Crippen molar-refractivity contribution >= 4 is 23.2 Å². The Morgan fingerprint density at radius 3 is 1.81 bits per heavy atom. The summed E-state index contributed by atoms with van der Waals surface area (Å²) in [5, 5.41) is 6.80. The molecule has 3 rings (SSSR count). The number of halogens is 2. The molecule has 4 nitrogen and oxygen atoms in total. The first-order chi connectivity index (χ1) is 7.74. The van der Waals surface area contributed by atoms with Crippen molar-refractivity contribution in [3.8, 4) is 0 Å². The zero-order valence-corrected chi connectivity index (χ0v) is 9.81. The van der Waals surface area contributed by atoms with E-state index in [-0.39, 0.29) is 12.2 Å². The number of hydrogen-bond acceptors (Lipinski definition) is 4. The summed E-state index contributed by atoms with van der Waals surface area (Å²) >= 11 is 11.8. The minimum atomic E-state index is -0.0526. The lowest BCUT2D eigenvalue weighted by molar-refractivity contribution is -0.103. The number of ether oxygens (including phenoxy) is 2. The SMILES string of the molecule is ClC1=C(Cl)NC2=C[C@H]3OCCO[C@@H]3C=C2N1. The van der Waals surface area contributed by atoms with E-state index < -0.39 is 0 Å². The Morgan fingerprint density at radius 2 is 1.38 bits per heavy atom. The standard InChI is InChI=1S/C10H10Cl2N2O2/c11-9-10(12)14-6-4-8-7(3-5(6)13-9)15-1-2-16-8/h3-4,7-8,13-14H,1-2H2/t7-,8-/m1/s1. The van der Waals surface area contributed by atoms with Crippen molar-refractivity contribution in [3.05, 3.63) is 33.9 Å². The largest absolute Gasteiger partial charge is 0.369 e. The molecule has 0 spiro atoms. The molecule has 0 aromatic heterocycles. The number of hydrogen-bond donors (Lipinski definition) is 2. The van der Waals surface area contributed by atoms with Crippen LogP contribution in [0.3, 0.4) is 0 Å². The molecule has 2 N–H and O–H groups in total. The third-order valence-electron chi connectivity index (χ3n) is 2.66. The van der Waals surface area contributed by atoms with Gasteiger partial charge in [0.15, 0.2) is 0 Å². The van der Waals surface area contributed by atoms with Crippen LogP contribution >= 0.6 is 23.2 Å². The summed E-state index contributed by atoms with van der Waals surface area (Å²) in [6, 6.07) is 0. The Morgan fingerprint density at radius 1 is 0.938 bits per heavy atom. The van der Waals surface area contributed by atoms with E-state index in [0.717, 1.165) is 11.4 Å². The van der Waals surface area contributed by atoms with Crippen LogP contribution < -0.4 is 10.6 Å². The minimum absolute atomic E-state index is 0.0526. The highest BCUT2D eigenvalue weighted by Crippen LogP contribution is 2.28. The Kier molecular flexibility index (Phi) is 2.59. The van der Waals surface area contributed by atoms with Gasteiger partial charge in [-0.1, -0.05) is 23.2 Å². The van der Waals surface area contributed by atoms with Gasteiger partial charge in [-0.3, -0.25) is 0 Å². The molecule has 1 fully saturated rings. The number of nitrogens with one attached hydrogen (secondary N) is 2. The van der Waals surface area contributed by atoms with Gasteiger partial charge in [0.2, 0.25) is 0 Å². The highest BCUT2D eigenvalue weighted by molar-refractivity contribution is 6.39. The maximum absolute atomic E-state index is 5.90. The predicted octanol–water partition coefficient (Wildman–Crippen LogP) is 1.35. The van der Waals surface area contributed by atoms with Crippen LogP contribution in [0.1, 0.15) is 0 Å². The van der Waals surface area contributed by atoms with Gasteiger partial charge in [0.25, 0.3) is 0 Å². The molecule has 16 heavy (non-hydrogen) atoms. The molecule has 2 aliphatic heterocycles. The number of rotatable bonds is 0. The first-order valence-electron chi connectivity index (χ1n) is 5.00. The van der Waals surface area contributed by atoms with Crippen LogP contribution in [0, 0.1) is 0 Å². The summed E-state index contributed by atoms with van der Waals surface area (Å²) in [5.41, 5.74) is 1.75. The monoisotopic (exact) mass is 260 g/mol. The van der Waals surface area contributed by atoms with Crippen molar-refractivity contribution in [2.45, 2.75) is 12.2 Å². The molecule has 6 heteroatoms. The van der Waals surface area contributed by atoms with E-state index in [1.807, 2.05) is 12.2 Å². The third kappa shape index (κ3) is 1.72. The molecule has 86 valence electrons. The maximum atomic E-state index is 5.90. The molecule has 0 bridgehead atoms. The first-order valence-corrected chi connectivity index (χ1v) is 5.76. The van der Waals surface area contributed by atoms with Crippen molar-refractivity contribution < 1.29 is 9.47 Å². The van der Waals surface area contributed by atoms with Gasteiger partial charge in [0, 0.05) is 0 Å². The molecule has 1 aliphatic carbocycles. The Bertz CT molecular complexity index is 379. The van der Waals surface area contributed by atoms with E-state index in [4.69, 9.17) is 32.7 Å². The molecular weight excluding hydrogens is 251 g/mol. The fourth-order valence-electron chi connectivity index (χ4n) is 1.92. The average Bonchev–Trinajstić information content (AvgIpc) is 2.28. The van der Waals surface area contributed by atoms with E-state index in [1.165, 1.54) is 0 Å².